The lowest BCUT2D eigenvalue weighted by Crippen LogP contribution is -2.44. The van der Waals surface area contributed by atoms with Crippen molar-refractivity contribution < 1.29 is 27.3 Å². The van der Waals surface area contributed by atoms with Crippen LogP contribution in [0.4, 0.5) is 0 Å². The van der Waals surface area contributed by atoms with Crippen molar-refractivity contribution >= 4 is 23.0 Å². The van der Waals surface area contributed by atoms with Gasteiger partial charge in [0.2, 0.25) is 0 Å². The summed E-state index contributed by atoms with van der Waals surface area (Å²) in [6, 6.07) is 0. The molecule has 12 heteroatoms. The average Bonchev–Trinajstić information content (AvgIpc) is 2.48. The Balaban J connectivity index is 3.71. The average molecular weight is 405 g/mol. The molecule has 1 aliphatic heterocycles. The fourth-order valence-electron chi connectivity index (χ4n) is 2.76. The second-order valence-electron chi connectivity index (χ2n) is 4.79. The highest BCUT2D eigenvalue weighted by atomic mass is 31.3. The summed E-state index contributed by atoms with van der Waals surface area (Å²) in [5, 5.41) is 0. The van der Waals surface area contributed by atoms with Crippen LogP contribution in [0.15, 0.2) is 0 Å². The van der Waals surface area contributed by atoms with Crippen molar-refractivity contribution in [2.24, 2.45) is 0 Å². The lowest BCUT2D eigenvalue weighted by molar-refractivity contribution is 0.192. The molecule has 0 aliphatic carbocycles. The van der Waals surface area contributed by atoms with Crippen molar-refractivity contribution in [3.63, 3.8) is 0 Å². The molecule has 0 bridgehead atoms. The first-order valence-electron chi connectivity index (χ1n) is 8.35. The van der Waals surface area contributed by atoms with Crippen LogP contribution in [0.5, 0.6) is 0 Å². The number of hydrogen-bond acceptors (Lipinski definition) is 6. The number of hydrogen-bond donors (Lipinski definition) is 0. The predicted molar refractivity (Wildman–Crippen MR) is 94.8 cm³/mol. The van der Waals surface area contributed by atoms with E-state index in [4.69, 9.17) is 13.6 Å². The normalized spacial score (nSPS) is 36.2. The molecule has 0 spiro atoms. The van der Waals surface area contributed by atoms with Gasteiger partial charge in [0.15, 0.2) is 0 Å². The molecule has 0 aromatic rings. The van der Waals surface area contributed by atoms with Crippen LogP contribution in [0.2, 0.25) is 0 Å². The van der Waals surface area contributed by atoms with E-state index >= 15 is 0 Å². The highest BCUT2D eigenvalue weighted by Gasteiger charge is 2.66. The standard InChI is InChI=1S/C12H30N3O6P3/c1-7-13-22(16,19-10-4)14(8-2)24(18,21-12-6)15(9-3)23(13,17)20-11-5/h7-12H2,1-6H3. The highest BCUT2D eigenvalue weighted by molar-refractivity contribution is 7.84. The lowest BCUT2D eigenvalue weighted by Gasteiger charge is -2.52. The predicted octanol–water partition coefficient (Wildman–Crippen LogP) is 4.40. The molecule has 0 unspecified atom stereocenters. The van der Waals surface area contributed by atoms with Crippen LogP contribution in [-0.2, 0) is 27.3 Å². The van der Waals surface area contributed by atoms with Crippen LogP contribution >= 0.6 is 23.0 Å². The van der Waals surface area contributed by atoms with E-state index in [-0.39, 0.29) is 39.5 Å². The molecule has 1 rings (SSSR count). The minimum Gasteiger partial charge on any atom is -0.306 e. The molecular formula is C12H30N3O6P3. The Morgan fingerprint density at radius 1 is 0.542 bits per heavy atom. The van der Waals surface area contributed by atoms with E-state index in [2.05, 4.69) is 0 Å². The van der Waals surface area contributed by atoms with Gasteiger partial charge in [0.1, 0.15) is 0 Å². The van der Waals surface area contributed by atoms with Crippen molar-refractivity contribution in [3.05, 3.63) is 0 Å². The highest BCUT2D eigenvalue weighted by Crippen LogP contribution is 2.86. The van der Waals surface area contributed by atoms with Crippen LogP contribution < -0.4 is 0 Å². The van der Waals surface area contributed by atoms with Crippen LogP contribution in [0.3, 0.4) is 0 Å². The molecule has 1 saturated heterocycles. The third kappa shape index (κ3) is 3.48. The molecule has 0 amide bonds. The van der Waals surface area contributed by atoms with E-state index in [0.29, 0.717) is 0 Å². The Morgan fingerprint density at radius 3 is 0.875 bits per heavy atom. The van der Waals surface area contributed by atoms with E-state index in [1.54, 1.807) is 41.5 Å². The Kier molecular flexibility index (Phi) is 8.34. The summed E-state index contributed by atoms with van der Waals surface area (Å²) in [6.45, 7) is 11.1. The van der Waals surface area contributed by atoms with Gasteiger partial charge in [-0.1, -0.05) is 20.8 Å². The van der Waals surface area contributed by atoms with E-state index in [9.17, 15) is 13.7 Å². The Morgan fingerprint density at radius 2 is 0.750 bits per heavy atom. The molecule has 0 radical (unpaired) electrons. The number of nitrogens with zero attached hydrogens (tertiary/aromatic N) is 3. The van der Waals surface area contributed by atoms with E-state index < -0.39 is 23.0 Å². The summed E-state index contributed by atoms with van der Waals surface area (Å²) in [7, 11) is -11.5. The van der Waals surface area contributed by atoms with Gasteiger partial charge < -0.3 is 13.6 Å². The third-order valence-corrected chi connectivity index (χ3v) is 14.5. The van der Waals surface area contributed by atoms with Gasteiger partial charge in [-0.15, -0.1) is 13.3 Å². The van der Waals surface area contributed by atoms with Gasteiger partial charge in [-0.25, -0.2) is 0 Å². The van der Waals surface area contributed by atoms with Crippen LogP contribution in [-0.4, -0.2) is 52.8 Å². The molecule has 0 aromatic heterocycles. The smallest absolute Gasteiger partial charge is 0.306 e. The van der Waals surface area contributed by atoms with Gasteiger partial charge in [-0.05, 0) is 20.8 Å². The van der Waals surface area contributed by atoms with Crippen LogP contribution in [0.1, 0.15) is 41.5 Å². The topological polar surface area (TPSA) is 88.6 Å². The molecule has 24 heavy (non-hydrogen) atoms. The Bertz CT molecular complexity index is 460. The van der Waals surface area contributed by atoms with Crippen molar-refractivity contribution in [1.82, 2.24) is 13.3 Å². The summed E-state index contributed by atoms with van der Waals surface area (Å²) in [5.41, 5.74) is 0. The third-order valence-electron chi connectivity index (χ3n) is 3.49. The fourth-order valence-corrected chi connectivity index (χ4v) is 14.1. The van der Waals surface area contributed by atoms with Crippen molar-refractivity contribution in [3.8, 4) is 0 Å². The minimum absolute atomic E-state index is 0.120. The lowest BCUT2D eigenvalue weighted by atomic mass is 10.8. The summed E-state index contributed by atoms with van der Waals surface area (Å²) in [5.74, 6) is 0. The van der Waals surface area contributed by atoms with Gasteiger partial charge in [0.25, 0.3) is 0 Å². The molecule has 0 atom stereocenters. The first-order chi connectivity index (χ1) is 11.3. The maximum Gasteiger partial charge on any atom is 0.363 e. The van der Waals surface area contributed by atoms with Crippen molar-refractivity contribution in [2.45, 2.75) is 41.5 Å². The van der Waals surface area contributed by atoms with E-state index in [1.807, 2.05) is 0 Å². The van der Waals surface area contributed by atoms with E-state index in [1.165, 1.54) is 13.3 Å². The molecule has 0 aromatic carbocycles. The summed E-state index contributed by atoms with van der Waals surface area (Å²) in [4.78, 5) is 0. The van der Waals surface area contributed by atoms with Crippen LogP contribution in [0.25, 0.3) is 0 Å². The quantitative estimate of drug-likeness (QED) is 0.518. The summed E-state index contributed by atoms with van der Waals surface area (Å²) < 4.78 is 61.4. The zero-order chi connectivity index (χ0) is 18.6. The molecule has 0 N–H and O–H groups in total. The Labute approximate surface area is 145 Å². The van der Waals surface area contributed by atoms with Crippen LogP contribution in [0, 0.1) is 0 Å². The first kappa shape index (κ1) is 22.5. The second kappa shape index (κ2) is 8.90. The first-order valence-corrected chi connectivity index (χ1v) is 12.9. The minimum atomic E-state index is -3.84. The SMILES string of the molecule is CCOP1(=O)N(CC)P(=O)(OCC)N(CC)P(=O)(OCC)N1CC. The van der Waals surface area contributed by atoms with Crippen molar-refractivity contribution in [1.29, 1.82) is 0 Å². The van der Waals surface area contributed by atoms with E-state index in [0.717, 1.165) is 0 Å². The molecule has 1 fully saturated rings. The molecule has 9 nitrogen and oxygen atoms in total. The van der Waals surface area contributed by atoms with Gasteiger partial charge in [-0.3, -0.25) is 13.7 Å². The van der Waals surface area contributed by atoms with Gasteiger partial charge in [0, 0.05) is 19.6 Å². The second-order valence-corrected chi connectivity index (χ2v) is 12.4. The molecule has 1 aliphatic rings. The zero-order valence-corrected chi connectivity index (χ0v) is 18.1. The Hall–Kier alpha value is 0.450. The van der Waals surface area contributed by atoms with Gasteiger partial charge >= 0.3 is 23.0 Å². The maximum atomic E-state index is 13.7. The van der Waals surface area contributed by atoms with Gasteiger partial charge in [-0.2, -0.15) is 0 Å². The number of rotatable bonds is 9. The molecule has 1 heterocycles. The monoisotopic (exact) mass is 405 g/mol. The molecule has 144 valence electrons. The largest absolute Gasteiger partial charge is 0.363 e. The maximum absolute atomic E-state index is 13.7. The zero-order valence-electron chi connectivity index (χ0n) is 15.4. The molecule has 0 saturated carbocycles. The summed E-state index contributed by atoms with van der Waals surface area (Å²) in [6.07, 6.45) is 0. The fraction of sp³-hybridized carbons (Fsp3) is 1.00. The summed E-state index contributed by atoms with van der Waals surface area (Å²) >= 11 is 0. The van der Waals surface area contributed by atoms with Gasteiger partial charge in [0.05, 0.1) is 19.8 Å². The molecular weight excluding hydrogens is 375 g/mol. The van der Waals surface area contributed by atoms with Crippen molar-refractivity contribution in [2.75, 3.05) is 39.5 Å².